The van der Waals surface area contributed by atoms with Crippen molar-refractivity contribution in [2.45, 2.75) is 27.2 Å². The number of benzene rings is 1. The van der Waals surface area contributed by atoms with Gasteiger partial charge in [0.2, 0.25) is 5.91 Å². The second-order valence-corrected chi connectivity index (χ2v) is 4.69. The summed E-state index contributed by atoms with van der Waals surface area (Å²) in [7, 11) is 0. The van der Waals surface area contributed by atoms with Crippen molar-refractivity contribution in [2.24, 2.45) is 5.41 Å². The van der Waals surface area contributed by atoms with E-state index >= 15 is 0 Å². The third kappa shape index (κ3) is 3.31. The molecule has 0 bridgehead atoms. The largest absolute Gasteiger partial charge is 0.399 e. The molecule has 0 heterocycles. The Morgan fingerprint density at radius 3 is 2.65 bits per heavy atom. The van der Waals surface area contributed by atoms with Gasteiger partial charge in [-0.3, -0.25) is 10.2 Å². The zero-order chi connectivity index (χ0) is 13.1. The summed E-state index contributed by atoms with van der Waals surface area (Å²) in [6, 6.07) is 6.92. The Morgan fingerprint density at radius 2 is 2.12 bits per heavy atom. The molecule has 0 aliphatic carbocycles. The molecule has 0 saturated carbocycles. The van der Waals surface area contributed by atoms with Gasteiger partial charge in [-0.2, -0.15) is 0 Å². The fourth-order valence-electron chi connectivity index (χ4n) is 1.21. The standard InChI is InChI=1S/C13H19N3O/c1-4-13(2,3)12(17)16-11(15)9-6-5-7-10(14)8-9/h5-8H,4,14H2,1-3H3,(H2,15,16,17). The van der Waals surface area contributed by atoms with Crippen molar-refractivity contribution in [3.05, 3.63) is 29.8 Å². The summed E-state index contributed by atoms with van der Waals surface area (Å²) in [5, 5.41) is 10.4. The van der Waals surface area contributed by atoms with Crippen LogP contribution in [0, 0.1) is 10.8 Å². The predicted octanol–water partition coefficient (Wildman–Crippen LogP) is 2.15. The number of carbonyl (C=O) groups is 1. The van der Waals surface area contributed by atoms with Crippen LogP contribution in [-0.4, -0.2) is 11.7 Å². The first-order valence-corrected chi connectivity index (χ1v) is 5.62. The molecule has 1 amide bonds. The van der Waals surface area contributed by atoms with Crippen LogP contribution in [0.2, 0.25) is 0 Å². The molecule has 0 unspecified atom stereocenters. The number of nitrogen functional groups attached to an aromatic ring is 1. The maximum atomic E-state index is 11.9. The molecule has 1 aromatic carbocycles. The van der Waals surface area contributed by atoms with E-state index in [4.69, 9.17) is 11.1 Å². The normalized spacial score (nSPS) is 11.0. The minimum absolute atomic E-state index is 0.0869. The SMILES string of the molecule is CCC(C)(C)C(=O)NC(=N)c1cccc(N)c1. The fourth-order valence-corrected chi connectivity index (χ4v) is 1.21. The molecule has 0 fully saturated rings. The van der Waals surface area contributed by atoms with E-state index in [9.17, 15) is 4.79 Å². The van der Waals surface area contributed by atoms with E-state index in [1.54, 1.807) is 24.3 Å². The van der Waals surface area contributed by atoms with Gasteiger partial charge in [-0.25, -0.2) is 0 Å². The molecule has 4 N–H and O–H groups in total. The van der Waals surface area contributed by atoms with Crippen molar-refractivity contribution >= 4 is 17.4 Å². The molecule has 0 aliphatic rings. The summed E-state index contributed by atoms with van der Waals surface area (Å²) in [5.41, 5.74) is 6.36. The first-order chi connectivity index (χ1) is 7.86. The van der Waals surface area contributed by atoms with Gasteiger partial charge >= 0.3 is 0 Å². The van der Waals surface area contributed by atoms with Crippen LogP contribution in [0.1, 0.15) is 32.8 Å². The van der Waals surface area contributed by atoms with Crippen LogP contribution in [0.5, 0.6) is 0 Å². The van der Waals surface area contributed by atoms with Crippen molar-refractivity contribution in [3.8, 4) is 0 Å². The maximum Gasteiger partial charge on any atom is 0.231 e. The lowest BCUT2D eigenvalue weighted by atomic mass is 9.89. The summed E-state index contributed by atoms with van der Waals surface area (Å²) in [4.78, 5) is 11.9. The van der Waals surface area contributed by atoms with Gasteiger partial charge in [-0.05, 0) is 18.6 Å². The predicted molar refractivity (Wildman–Crippen MR) is 69.9 cm³/mol. The van der Waals surface area contributed by atoms with Gasteiger partial charge < -0.3 is 11.1 Å². The first kappa shape index (κ1) is 13.2. The topological polar surface area (TPSA) is 79.0 Å². The number of amidine groups is 1. The van der Waals surface area contributed by atoms with E-state index < -0.39 is 5.41 Å². The second kappa shape index (κ2) is 4.99. The molecule has 0 atom stereocenters. The van der Waals surface area contributed by atoms with Crippen LogP contribution in [0.3, 0.4) is 0 Å². The van der Waals surface area contributed by atoms with Crippen LogP contribution >= 0.6 is 0 Å². The molecule has 1 rings (SSSR count). The third-order valence-corrected chi connectivity index (χ3v) is 2.91. The lowest BCUT2D eigenvalue weighted by molar-refractivity contribution is -0.127. The molecule has 0 saturated heterocycles. The van der Waals surface area contributed by atoms with Gasteiger partial charge in [0.1, 0.15) is 5.84 Å². The van der Waals surface area contributed by atoms with E-state index in [-0.39, 0.29) is 11.7 Å². The van der Waals surface area contributed by atoms with Gasteiger partial charge in [0.05, 0.1) is 0 Å². The Kier molecular flexibility index (Phi) is 3.89. The summed E-state index contributed by atoms with van der Waals surface area (Å²) < 4.78 is 0. The molecule has 0 aromatic heterocycles. The molecular formula is C13H19N3O. The number of amides is 1. The number of rotatable bonds is 3. The third-order valence-electron chi connectivity index (χ3n) is 2.91. The van der Waals surface area contributed by atoms with Crippen molar-refractivity contribution in [3.63, 3.8) is 0 Å². The fraction of sp³-hybridized carbons (Fsp3) is 0.385. The number of nitrogens with one attached hydrogen (secondary N) is 2. The van der Waals surface area contributed by atoms with E-state index in [0.717, 1.165) is 6.42 Å². The number of carbonyl (C=O) groups excluding carboxylic acids is 1. The van der Waals surface area contributed by atoms with Crippen molar-refractivity contribution in [2.75, 3.05) is 5.73 Å². The lowest BCUT2D eigenvalue weighted by Crippen LogP contribution is -2.40. The monoisotopic (exact) mass is 233 g/mol. The van der Waals surface area contributed by atoms with Crippen LogP contribution in [-0.2, 0) is 4.79 Å². The summed E-state index contributed by atoms with van der Waals surface area (Å²) in [6.45, 7) is 5.66. The minimum atomic E-state index is -0.466. The molecule has 1 aromatic rings. The average molecular weight is 233 g/mol. The quantitative estimate of drug-likeness (QED) is 0.425. The molecule has 4 heteroatoms. The highest BCUT2D eigenvalue weighted by atomic mass is 16.2. The zero-order valence-corrected chi connectivity index (χ0v) is 10.5. The number of nitrogens with two attached hydrogens (primary N) is 1. The van der Waals surface area contributed by atoms with E-state index in [1.165, 1.54) is 0 Å². The van der Waals surface area contributed by atoms with E-state index in [1.807, 2.05) is 20.8 Å². The van der Waals surface area contributed by atoms with Crippen LogP contribution in [0.15, 0.2) is 24.3 Å². The Hall–Kier alpha value is -1.84. The molecule has 4 nitrogen and oxygen atoms in total. The van der Waals surface area contributed by atoms with Crippen molar-refractivity contribution < 1.29 is 4.79 Å². The van der Waals surface area contributed by atoms with Gasteiger partial charge in [-0.15, -0.1) is 0 Å². The van der Waals surface area contributed by atoms with Gasteiger partial charge in [0.15, 0.2) is 0 Å². The highest BCUT2D eigenvalue weighted by Gasteiger charge is 2.26. The Labute approximate surface area is 102 Å². The Balaban J connectivity index is 2.77. The zero-order valence-electron chi connectivity index (χ0n) is 10.5. The molecule has 0 spiro atoms. The maximum absolute atomic E-state index is 11.9. The smallest absolute Gasteiger partial charge is 0.231 e. The van der Waals surface area contributed by atoms with Gasteiger partial charge in [0, 0.05) is 16.7 Å². The van der Waals surface area contributed by atoms with Crippen LogP contribution in [0.4, 0.5) is 5.69 Å². The van der Waals surface area contributed by atoms with E-state index in [0.29, 0.717) is 11.3 Å². The lowest BCUT2D eigenvalue weighted by Gasteiger charge is -2.21. The summed E-state index contributed by atoms with van der Waals surface area (Å²) >= 11 is 0. The van der Waals surface area contributed by atoms with Crippen molar-refractivity contribution in [1.82, 2.24) is 5.32 Å². The number of hydrogen-bond donors (Lipinski definition) is 3. The molecular weight excluding hydrogens is 214 g/mol. The van der Waals surface area contributed by atoms with E-state index in [2.05, 4.69) is 5.32 Å². The minimum Gasteiger partial charge on any atom is -0.399 e. The average Bonchev–Trinajstić information content (AvgIpc) is 2.28. The molecule has 92 valence electrons. The molecule has 0 aliphatic heterocycles. The highest BCUT2D eigenvalue weighted by molar-refractivity contribution is 6.07. The number of anilines is 1. The van der Waals surface area contributed by atoms with Crippen molar-refractivity contribution in [1.29, 1.82) is 5.41 Å². The molecule has 0 radical (unpaired) electrons. The van der Waals surface area contributed by atoms with Crippen LogP contribution in [0.25, 0.3) is 0 Å². The van der Waals surface area contributed by atoms with Gasteiger partial charge in [-0.1, -0.05) is 32.9 Å². The Morgan fingerprint density at radius 1 is 1.47 bits per heavy atom. The summed E-state index contributed by atoms with van der Waals surface area (Å²) in [5.74, 6) is -0.0590. The number of hydrogen-bond acceptors (Lipinski definition) is 3. The second-order valence-electron chi connectivity index (χ2n) is 4.69. The highest BCUT2D eigenvalue weighted by Crippen LogP contribution is 2.19. The summed E-state index contributed by atoms with van der Waals surface area (Å²) in [6.07, 6.45) is 0.725. The Bertz CT molecular complexity index is 438. The van der Waals surface area contributed by atoms with Crippen LogP contribution < -0.4 is 11.1 Å². The van der Waals surface area contributed by atoms with Gasteiger partial charge in [0.25, 0.3) is 0 Å². The first-order valence-electron chi connectivity index (χ1n) is 5.62. The molecule has 17 heavy (non-hydrogen) atoms.